The molecule has 0 aliphatic heterocycles. The van der Waals surface area contributed by atoms with E-state index >= 15 is 0 Å². The van der Waals surface area contributed by atoms with Crippen molar-refractivity contribution in [2.45, 2.75) is 6.42 Å². The molecule has 0 spiro atoms. The third-order valence-corrected chi connectivity index (χ3v) is 0.302. The number of carboxylic acid groups (broad SMARTS) is 2. The van der Waals surface area contributed by atoms with E-state index in [0.29, 0.717) is 0 Å². The average Bonchev–Trinajstić information content (AvgIpc) is 1.27. The predicted molar refractivity (Wildman–Crippen MR) is 27.9 cm³/mol. The van der Waals surface area contributed by atoms with Crippen molar-refractivity contribution >= 4 is 60.8 Å². The molecule has 0 aromatic heterocycles. The number of aliphatic carboxylic acids is 2. The van der Waals surface area contributed by atoms with Crippen LogP contribution in [0.2, 0.25) is 0 Å². The maximum atomic E-state index is 9.43. The second kappa shape index (κ2) is 5.64. The molecule has 0 aliphatic rings. The van der Waals surface area contributed by atoms with Gasteiger partial charge in [-0.1, -0.05) is 0 Å². The molecule has 0 unspecified atom stereocenters. The summed E-state index contributed by atoms with van der Waals surface area (Å²) in [7, 11) is 0. The van der Waals surface area contributed by atoms with Gasteiger partial charge in [0, 0.05) is 0 Å². The topological polar surface area (TPSA) is 74.6 Å². The van der Waals surface area contributed by atoms with E-state index in [4.69, 9.17) is 10.2 Å². The normalized spacial score (nSPS) is 7.00. The number of carboxylic acids is 2. The summed E-state index contributed by atoms with van der Waals surface area (Å²) in [6, 6.07) is 0. The van der Waals surface area contributed by atoms with Gasteiger partial charge in [-0.25, -0.2) is 0 Å². The Morgan fingerprint density at radius 3 is 1.50 bits per heavy atom. The number of hydrogen-bond acceptors (Lipinski definition) is 2. The Morgan fingerprint density at radius 1 is 1.25 bits per heavy atom. The van der Waals surface area contributed by atoms with E-state index in [2.05, 4.69) is 0 Å². The van der Waals surface area contributed by atoms with Crippen molar-refractivity contribution in [1.82, 2.24) is 0 Å². The minimum absolute atomic E-state index is 0. The van der Waals surface area contributed by atoms with Crippen molar-refractivity contribution in [2.24, 2.45) is 0 Å². The molecule has 0 aliphatic carbocycles. The first-order valence-corrected chi connectivity index (χ1v) is 1.56. The third-order valence-electron chi connectivity index (χ3n) is 0.302. The molecule has 0 rings (SSSR count). The molecule has 0 atom stereocenters. The summed E-state index contributed by atoms with van der Waals surface area (Å²) in [5, 5.41) is 15.4. The first kappa shape index (κ1) is 11.3. The molecule has 0 saturated heterocycles. The molecule has 0 amide bonds. The fraction of sp³-hybridized carbons (Fsp3) is 0.333. The van der Waals surface area contributed by atoms with Crippen LogP contribution in [0.1, 0.15) is 9.27 Å². The van der Waals surface area contributed by atoms with Gasteiger partial charge in [-0.15, -0.1) is 0 Å². The standard InChI is InChI=1S/C3H4O4.Ba.2H/c4-2(5)1-3(6)7;;;/h1H2,(H,4,5)(H,6,7);;;/q;+2;2*-1. The second-order valence-electron chi connectivity index (χ2n) is 0.964. The van der Waals surface area contributed by atoms with Crippen LogP contribution in [0.4, 0.5) is 0 Å². The van der Waals surface area contributed by atoms with Gasteiger partial charge in [0.2, 0.25) is 0 Å². The maximum Gasteiger partial charge on any atom is 2.00 e. The maximum absolute atomic E-state index is 9.43. The molecule has 8 heavy (non-hydrogen) atoms. The summed E-state index contributed by atoms with van der Waals surface area (Å²) >= 11 is 0. The van der Waals surface area contributed by atoms with Crippen molar-refractivity contribution in [3.05, 3.63) is 0 Å². The first-order valence-electron chi connectivity index (χ1n) is 1.56. The van der Waals surface area contributed by atoms with Crippen LogP contribution >= 0.6 is 0 Å². The Labute approximate surface area is 88.9 Å². The van der Waals surface area contributed by atoms with E-state index in [-0.39, 0.29) is 51.7 Å². The summed E-state index contributed by atoms with van der Waals surface area (Å²) in [6.07, 6.45) is -0.806. The summed E-state index contributed by atoms with van der Waals surface area (Å²) in [6.45, 7) is 0. The quantitative estimate of drug-likeness (QED) is 0.501. The van der Waals surface area contributed by atoms with Crippen LogP contribution in [0.15, 0.2) is 0 Å². The van der Waals surface area contributed by atoms with Crippen LogP contribution in [0.3, 0.4) is 0 Å². The van der Waals surface area contributed by atoms with Crippen molar-refractivity contribution < 1.29 is 22.7 Å². The van der Waals surface area contributed by atoms with Gasteiger partial charge in [-0.05, 0) is 0 Å². The van der Waals surface area contributed by atoms with Crippen LogP contribution in [-0.2, 0) is 9.59 Å². The van der Waals surface area contributed by atoms with Crippen molar-refractivity contribution in [2.75, 3.05) is 0 Å². The zero-order valence-corrected chi connectivity index (χ0v) is 8.57. The Balaban J connectivity index is -0.0000000600. The molecule has 0 saturated carbocycles. The molecule has 0 aromatic carbocycles. The summed E-state index contributed by atoms with van der Waals surface area (Å²) in [5.74, 6) is -2.62. The molecular formula is C3H6BaO4. The SMILES string of the molecule is O=C(O)CC(=O)O.[Ba+2].[H-].[H-]. The molecule has 0 fully saturated rings. The van der Waals surface area contributed by atoms with Gasteiger partial charge >= 0.3 is 60.8 Å². The summed E-state index contributed by atoms with van der Waals surface area (Å²) < 4.78 is 0. The molecule has 4 nitrogen and oxygen atoms in total. The van der Waals surface area contributed by atoms with Gasteiger partial charge in [0.1, 0.15) is 6.42 Å². The minimum Gasteiger partial charge on any atom is -1.00 e. The molecule has 5 heteroatoms. The zero-order valence-electron chi connectivity index (χ0n) is 6.13. The second-order valence-corrected chi connectivity index (χ2v) is 0.964. The van der Waals surface area contributed by atoms with E-state index in [1.165, 1.54) is 0 Å². The van der Waals surface area contributed by atoms with Gasteiger partial charge < -0.3 is 13.1 Å². The minimum atomic E-state index is -1.31. The Morgan fingerprint density at radius 2 is 1.50 bits per heavy atom. The van der Waals surface area contributed by atoms with Crippen molar-refractivity contribution in [3.63, 3.8) is 0 Å². The molecule has 0 radical (unpaired) electrons. The van der Waals surface area contributed by atoms with Crippen LogP contribution < -0.4 is 0 Å². The summed E-state index contributed by atoms with van der Waals surface area (Å²) in [4.78, 5) is 18.9. The molecular weight excluding hydrogens is 237 g/mol. The van der Waals surface area contributed by atoms with E-state index in [1.54, 1.807) is 0 Å². The molecule has 0 bridgehead atoms. The van der Waals surface area contributed by atoms with E-state index in [0.717, 1.165) is 0 Å². The summed E-state index contributed by atoms with van der Waals surface area (Å²) in [5.41, 5.74) is 0. The fourth-order valence-corrected chi connectivity index (χ4v) is 0.129. The number of rotatable bonds is 2. The van der Waals surface area contributed by atoms with Gasteiger partial charge in [-0.3, -0.25) is 9.59 Å². The Hall–Kier alpha value is 0.511. The third kappa shape index (κ3) is 9.72. The molecule has 0 aromatic rings. The smallest absolute Gasteiger partial charge is 1.00 e. The first-order chi connectivity index (χ1) is 3.13. The van der Waals surface area contributed by atoms with E-state index < -0.39 is 18.4 Å². The van der Waals surface area contributed by atoms with Crippen LogP contribution in [0, 0.1) is 0 Å². The molecule has 2 N–H and O–H groups in total. The fourth-order valence-electron chi connectivity index (χ4n) is 0.129. The van der Waals surface area contributed by atoms with Gasteiger partial charge in [0.05, 0.1) is 0 Å². The Kier molecular flexibility index (Phi) is 7.99. The Bertz CT molecular complexity index is 94.7. The van der Waals surface area contributed by atoms with Gasteiger partial charge in [0.25, 0.3) is 0 Å². The van der Waals surface area contributed by atoms with Gasteiger partial charge in [0.15, 0.2) is 0 Å². The monoisotopic (exact) mass is 244 g/mol. The largest absolute Gasteiger partial charge is 2.00 e. The molecule has 44 valence electrons. The molecule has 0 heterocycles. The average molecular weight is 243 g/mol. The van der Waals surface area contributed by atoms with Crippen LogP contribution in [0.25, 0.3) is 0 Å². The van der Waals surface area contributed by atoms with E-state index in [9.17, 15) is 9.59 Å². The van der Waals surface area contributed by atoms with Crippen molar-refractivity contribution in [3.8, 4) is 0 Å². The van der Waals surface area contributed by atoms with Crippen LogP contribution in [0.5, 0.6) is 0 Å². The zero-order chi connectivity index (χ0) is 5.86. The number of carbonyl (C=O) groups is 2. The van der Waals surface area contributed by atoms with Crippen LogP contribution in [-0.4, -0.2) is 71.0 Å². The van der Waals surface area contributed by atoms with E-state index in [1.807, 2.05) is 0 Å². The van der Waals surface area contributed by atoms with Crippen molar-refractivity contribution in [1.29, 1.82) is 0 Å². The number of hydrogen-bond donors (Lipinski definition) is 2. The van der Waals surface area contributed by atoms with Gasteiger partial charge in [-0.2, -0.15) is 0 Å². The predicted octanol–water partition coefficient (Wildman–Crippen LogP) is -0.610.